The second-order valence-corrected chi connectivity index (χ2v) is 6.58. The van der Waals surface area contributed by atoms with Crippen molar-refractivity contribution in [3.05, 3.63) is 87.7 Å². The minimum Gasteiger partial charge on any atom is -0.423 e. The molecule has 0 aliphatic rings. The molecule has 1 N–H and O–H groups in total. The van der Waals surface area contributed by atoms with E-state index in [9.17, 15) is 10.1 Å². The van der Waals surface area contributed by atoms with E-state index in [2.05, 4.69) is 16.4 Å². The molecule has 0 unspecified atom stereocenters. The number of benzene rings is 2. The highest BCUT2D eigenvalue weighted by molar-refractivity contribution is 7.11. The maximum atomic E-state index is 11.2. The van der Waals surface area contributed by atoms with Crippen molar-refractivity contribution in [2.75, 3.05) is 5.32 Å². The normalized spacial score (nSPS) is 11.3. The van der Waals surface area contributed by atoms with Crippen LogP contribution in [0.25, 0.3) is 27.8 Å². The smallest absolute Gasteiger partial charge is 0.336 e. The largest absolute Gasteiger partial charge is 0.423 e. The van der Waals surface area contributed by atoms with Crippen LogP contribution in [-0.2, 0) is 0 Å². The predicted molar refractivity (Wildman–Crippen MR) is 107 cm³/mol. The summed E-state index contributed by atoms with van der Waals surface area (Å²) in [6, 6.07) is 20.5. The molecule has 0 saturated carbocycles. The van der Waals surface area contributed by atoms with Crippen LogP contribution in [0.1, 0.15) is 5.01 Å². The molecule has 2 aromatic carbocycles. The number of aromatic nitrogens is 1. The minimum absolute atomic E-state index is 0.382. The number of allylic oxidation sites excluding steroid dienone is 1. The highest BCUT2D eigenvalue weighted by Crippen LogP contribution is 2.26. The van der Waals surface area contributed by atoms with Crippen LogP contribution in [0.4, 0.5) is 5.69 Å². The summed E-state index contributed by atoms with van der Waals surface area (Å²) in [6.45, 7) is 0. The molecule has 0 radical (unpaired) electrons. The second kappa shape index (κ2) is 7.28. The van der Waals surface area contributed by atoms with E-state index in [1.165, 1.54) is 17.4 Å². The Morgan fingerprint density at radius 2 is 2.00 bits per heavy atom. The number of anilines is 1. The van der Waals surface area contributed by atoms with Gasteiger partial charge in [-0.15, -0.1) is 11.3 Å². The lowest BCUT2D eigenvalue weighted by Gasteiger charge is -2.03. The van der Waals surface area contributed by atoms with Gasteiger partial charge >= 0.3 is 5.63 Å². The van der Waals surface area contributed by atoms with E-state index in [0.29, 0.717) is 16.2 Å². The molecule has 0 bridgehead atoms. The Hall–Kier alpha value is -3.69. The van der Waals surface area contributed by atoms with E-state index in [4.69, 9.17) is 4.42 Å². The Morgan fingerprint density at radius 3 is 2.81 bits per heavy atom. The number of rotatable bonds is 4. The van der Waals surface area contributed by atoms with Crippen LogP contribution in [-0.4, -0.2) is 4.98 Å². The van der Waals surface area contributed by atoms with Gasteiger partial charge in [0.05, 0.1) is 5.69 Å². The number of thiazole rings is 1. The molecule has 27 heavy (non-hydrogen) atoms. The zero-order chi connectivity index (χ0) is 18.6. The summed E-state index contributed by atoms with van der Waals surface area (Å²) in [5.41, 5.74) is 3.22. The molecule has 2 heterocycles. The second-order valence-electron chi connectivity index (χ2n) is 5.73. The van der Waals surface area contributed by atoms with Gasteiger partial charge in [0, 0.05) is 34.3 Å². The maximum absolute atomic E-state index is 11.2. The number of nitrogens with one attached hydrogen (secondary N) is 1. The Morgan fingerprint density at radius 1 is 1.15 bits per heavy atom. The Balaban J connectivity index is 1.59. The third-order valence-corrected chi connectivity index (χ3v) is 4.80. The van der Waals surface area contributed by atoms with Gasteiger partial charge in [0.25, 0.3) is 0 Å². The molecule has 0 aliphatic carbocycles. The van der Waals surface area contributed by atoms with Crippen molar-refractivity contribution in [3.8, 4) is 17.3 Å². The minimum atomic E-state index is -0.382. The van der Waals surface area contributed by atoms with E-state index in [-0.39, 0.29) is 5.63 Å². The Kier molecular flexibility index (Phi) is 4.52. The molecule has 0 amide bonds. The van der Waals surface area contributed by atoms with Crippen molar-refractivity contribution >= 4 is 33.6 Å². The van der Waals surface area contributed by atoms with E-state index in [1.807, 2.05) is 41.8 Å². The summed E-state index contributed by atoms with van der Waals surface area (Å²) in [5.74, 6) is 0. The zero-order valence-corrected chi connectivity index (χ0v) is 14.9. The van der Waals surface area contributed by atoms with E-state index >= 15 is 0 Å². The summed E-state index contributed by atoms with van der Waals surface area (Å²) >= 11 is 1.42. The third-order valence-electron chi connectivity index (χ3n) is 3.93. The van der Waals surface area contributed by atoms with E-state index in [0.717, 1.165) is 22.3 Å². The first-order valence-corrected chi connectivity index (χ1v) is 9.03. The van der Waals surface area contributed by atoms with Crippen molar-refractivity contribution < 1.29 is 4.42 Å². The summed E-state index contributed by atoms with van der Waals surface area (Å²) in [5, 5.41) is 16.0. The number of hydrogen-bond donors (Lipinski definition) is 1. The van der Waals surface area contributed by atoms with Gasteiger partial charge < -0.3 is 9.73 Å². The number of fused-ring (bicyclic) bond motifs is 1. The van der Waals surface area contributed by atoms with Crippen molar-refractivity contribution in [3.63, 3.8) is 0 Å². The Bertz CT molecular complexity index is 1230. The van der Waals surface area contributed by atoms with Gasteiger partial charge in [0.1, 0.15) is 22.2 Å². The zero-order valence-electron chi connectivity index (χ0n) is 14.0. The molecular formula is C21H13N3O2S. The van der Waals surface area contributed by atoms with Crippen LogP contribution >= 0.6 is 11.3 Å². The molecule has 0 atom stereocenters. The molecule has 2 aromatic heterocycles. The summed E-state index contributed by atoms with van der Waals surface area (Å²) in [4.78, 5) is 15.8. The van der Waals surface area contributed by atoms with Crippen LogP contribution < -0.4 is 10.9 Å². The van der Waals surface area contributed by atoms with Gasteiger partial charge in [-0.2, -0.15) is 5.26 Å². The first kappa shape index (κ1) is 16.8. The topological polar surface area (TPSA) is 78.9 Å². The van der Waals surface area contributed by atoms with Crippen LogP contribution in [0.15, 0.2) is 81.5 Å². The molecule has 130 valence electrons. The van der Waals surface area contributed by atoms with Crippen LogP contribution in [0.3, 0.4) is 0 Å². The lowest BCUT2D eigenvalue weighted by Crippen LogP contribution is -1.95. The predicted octanol–water partition coefficient (Wildman–Crippen LogP) is 4.89. The molecule has 4 rings (SSSR count). The molecule has 5 nitrogen and oxygen atoms in total. The van der Waals surface area contributed by atoms with Gasteiger partial charge in [-0.1, -0.05) is 30.3 Å². The monoisotopic (exact) mass is 371 g/mol. The van der Waals surface area contributed by atoms with Crippen molar-refractivity contribution in [1.29, 1.82) is 5.26 Å². The van der Waals surface area contributed by atoms with Crippen molar-refractivity contribution in [2.24, 2.45) is 0 Å². The molecule has 0 saturated heterocycles. The molecule has 6 heteroatoms. The first-order chi connectivity index (χ1) is 13.2. The van der Waals surface area contributed by atoms with E-state index in [1.54, 1.807) is 24.4 Å². The molecule has 0 fully saturated rings. The average Bonchev–Trinajstić information content (AvgIpc) is 3.19. The fourth-order valence-corrected chi connectivity index (χ4v) is 3.39. The summed E-state index contributed by atoms with van der Waals surface area (Å²) in [7, 11) is 0. The fraction of sp³-hybridized carbons (Fsp3) is 0. The quantitative estimate of drug-likeness (QED) is 0.408. The standard InChI is InChI=1S/C21H13N3O2S/c22-11-16(21-24-18(13-27-21)14-4-2-1-3-5-14)12-23-17-7-8-19-15(10-17)6-9-20(25)26-19/h1-10,12-13,23H. The Labute approximate surface area is 158 Å². The molecule has 0 spiro atoms. The molecule has 4 aromatic rings. The highest BCUT2D eigenvalue weighted by Gasteiger charge is 2.09. The molecule has 0 aliphatic heterocycles. The van der Waals surface area contributed by atoms with Gasteiger partial charge in [0.15, 0.2) is 0 Å². The van der Waals surface area contributed by atoms with Gasteiger partial charge in [-0.05, 0) is 24.3 Å². The maximum Gasteiger partial charge on any atom is 0.336 e. The average molecular weight is 371 g/mol. The number of nitrogens with zero attached hydrogens (tertiary/aromatic N) is 2. The SMILES string of the molecule is N#CC(=CNc1ccc2oc(=O)ccc2c1)c1nc(-c2ccccc2)cs1. The molecular weight excluding hydrogens is 358 g/mol. The number of nitriles is 1. The lowest BCUT2D eigenvalue weighted by molar-refractivity contribution is 0.561. The highest BCUT2D eigenvalue weighted by atomic mass is 32.1. The lowest BCUT2D eigenvalue weighted by atomic mass is 10.2. The van der Waals surface area contributed by atoms with Gasteiger partial charge in [0.2, 0.25) is 0 Å². The van der Waals surface area contributed by atoms with Crippen LogP contribution in [0.5, 0.6) is 0 Å². The first-order valence-electron chi connectivity index (χ1n) is 8.15. The van der Waals surface area contributed by atoms with Gasteiger partial charge in [-0.3, -0.25) is 0 Å². The van der Waals surface area contributed by atoms with Crippen LogP contribution in [0.2, 0.25) is 0 Å². The summed E-state index contributed by atoms with van der Waals surface area (Å²) < 4.78 is 5.12. The van der Waals surface area contributed by atoms with Gasteiger partial charge in [-0.25, -0.2) is 9.78 Å². The fourth-order valence-electron chi connectivity index (χ4n) is 2.60. The van der Waals surface area contributed by atoms with Crippen molar-refractivity contribution in [1.82, 2.24) is 4.98 Å². The van der Waals surface area contributed by atoms with E-state index < -0.39 is 0 Å². The third kappa shape index (κ3) is 3.64. The number of hydrogen-bond acceptors (Lipinski definition) is 6. The van der Waals surface area contributed by atoms with Crippen molar-refractivity contribution in [2.45, 2.75) is 0 Å². The van der Waals surface area contributed by atoms with Crippen LogP contribution in [0, 0.1) is 11.3 Å². The summed E-state index contributed by atoms with van der Waals surface area (Å²) in [6.07, 6.45) is 1.63.